The second-order valence-electron chi connectivity index (χ2n) is 23.0. The van der Waals surface area contributed by atoms with E-state index in [9.17, 15) is 24.3 Å². The molecule has 4 aliphatic heterocycles. The van der Waals surface area contributed by atoms with E-state index in [0.717, 1.165) is 122 Å². The van der Waals surface area contributed by atoms with Crippen LogP contribution in [-0.2, 0) is 62.8 Å². The number of aryl methyl sites for hydroxylation is 2. The number of nitrogens with one attached hydrogen (secondary N) is 2. The third-order valence-electron chi connectivity index (χ3n) is 15.0. The number of fused-ring (bicyclic) bond motifs is 4. The summed E-state index contributed by atoms with van der Waals surface area (Å²) in [6, 6.07) is 31.8. The second kappa shape index (κ2) is 23.0. The van der Waals surface area contributed by atoms with Crippen LogP contribution in [0, 0.1) is 27.7 Å². The number of esters is 1. The molecule has 4 amide bonds. The Morgan fingerprint density at radius 2 is 1.00 bits per heavy atom. The number of carbonyl (C=O) groups excluding carboxylic acids is 3. The normalized spacial score (nSPS) is 15.5. The summed E-state index contributed by atoms with van der Waals surface area (Å²) in [5, 5.41) is 16.6. The number of aliphatic carboxylic acids is 1. The van der Waals surface area contributed by atoms with Crippen molar-refractivity contribution in [1.82, 2.24) is 9.80 Å². The van der Waals surface area contributed by atoms with Gasteiger partial charge in [-0.25, -0.2) is 19.2 Å². The Bertz CT molecular complexity index is 3310. The zero-order valence-corrected chi connectivity index (χ0v) is 47.5. The van der Waals surface area contributed by atoms with Crippen molar-refractivity contribution < 1.29 is 48.0 Å². The maximum absolute atomic E-state index is 13.3. The molecule has 0 saturated heterocycles. The number of benzene rings is 6. The van der Waals surface area contributed by atoms with Gasteiger partial charge in [0.1, 0.15) is 11.5 Å². The summed E-state index contributed by atoms with van der Waals surface area (Å²) in [6.07, 6.45) is 1.55. The van der Waals surface area contributed by atoms with E-state index in [4.69, 9.17) is 23.7 Å². The van der Waals surface area contributed by atoms with Gasteiger partial charge in [-0.1, -0.05) is 72.8 Å². The number of rotatable bonds is 12. The highest BCUT2D eigenvalue weighted by Gasteiger charge is 2.39. The number of carboxylic acids is 1. The van der Waals surface area contributed by atoms with E-state index < -0.39 is 35.3 Å². The predicted octanol–water partition coefficient (Wildman–Crippen LogP) is 13.7. The van der Waals surface area contributed by atoms with Gasteiger partial charge in [-0.2, -0.15) is 0 Å². The topological polar surface area (TPSA) is 165 Å². The molecule has 6 aromatic rings. The van der Waals surface area contributed by atoms with Gasteiger partial charge in [0.25, 0.3) is 0 Å². The first-order valence-electron chi connectivity index (χ1n) is 27.3. The molecule has 0 fully saturated rings. The maximum Gasteiger partial charge on any atom is 0.339 e. The summed E-state index contributed by atoms with van der Waals surface area (Å²) < 4.78 is 29.5. The van der Waals surface area contributed by atoms with Gasteiger partial charge in [0.15, 0.2) is 12.2 Å². The first-order chi connectivity index (χ1) is 37.6. The molecule has 0 spiro atoms. The van der Waals surface area contributed by atoms with Crippen molar-refractivity contribution in [3.63, 3.8) is 0 Å². The van der Waals surface area contributed by atoms with E-state index in [2.05, 4.69) is 35.8 Å². The average Bonchev–Trinajstić information content (AvgIpc) is 3.48. The van der Waals surface area contributed by atoms with Crippen molar-refractivity contribution in [2.24, 2.45) is 0 Å². The number of amides is 4. The molecule has 0 aliphatic carbocycles. The number of anilines is 2. The van der Waals surface area contributed by atoms with Gasteiger partial charge in [-0.05, 0) is 197 Å². The lowest BCUT2D eigenvalue weighted by atomic mass is 9.83. The van der Waals surface area contributed by atoms with Crippen LogP contribution in [0.5, 0.6) is 11.5 Å². The summed E-state index contributed by atoms with van der Waals surface area (Å²) >= 11 is 0. The smallest absolute Gasteiger partial charge is 0.339 e. The minimum absolute atomic E-state index is 0.171. The van der Waals surface area contributed by atoms with Crippen molar-refractivity contribution in [2.45, 2.75) is 145 Å². The number of ether oxygens (including phenoxy) is 5. The fourth-order valence-electron chi connectivity index (χ4n) is 11.4. The van der Waals surface area contributed by atoms with Crippen molar-refractivity contribution in [3.8, 4) is 33.8 Å². The van der Waals surface area contributed by atoms with Crippen LogP contribution < -0.4 is 20.1 Å². The summed E-state index contributed by atoms with van der Waals surface area (Å²) in [7, 11) is 1.38. The SMILES string of the molecule is COC(=O)C(OC(C)(C)C)c1c(C)c2c(c(C)c1-c1ccc3c(c1)CCCO3)CN(Cc1ccccc1)C(=O)N2.Cc1c2c(c(C)c(C(OC(C)(C)C)C(=O)O)c1-c1ccc3c(c1)CCCO3)NC(=O)N(Cc1ccccc1)C2. The Morgan fingerprint density at radius 3 is 1.39 bits per heavy atom. The van der Waals surface area contributed by atoms with Crippen LogP contribution in [0.1, 0.15) is 133 Å². The number of methoxy groups -OCH3 is 1. The van der Waals surface area contributed by atoms with Crippen LogP contribution in [0.15, 0.2) is 97.1 Å². The number of urea groups is 2. The molecule has 14 heteroatoms. The fraction of sp³-hybridized carbons (Fsp3) is 0.385. The Balaban J connectivity index is 0.000000192. The van der Waals surface area contributed by atoms with Crippen LogP contribution in [0.4, 0.5) is 21.0 Å². The van der Waals surface area contributed by atoms with E-state index in [1.807, 2.05) is 146 Å². The number of carbonyl (C=O) groups is 4. The van der Waals surface area contributed by atoms with Gasteiger partial charge in [0.2, 0.25) is 0 Å². The number of nitrogens with zero attached hydrogens (tertiary/aromatic N) is 2. The number of hydrogen-bond donors (Lipinski definition) is 3. The van der Waals surface area contributed by atoms with E-state index in [1.54, 1.807) is 4.90 Å². The molecule has 0 aromatic heterocycles. The first kappa shape index (κ1) is 56.1. The quantitative estimate of drug-likeness (QED) is 0.100. The number of hydrogen-bond acceptors (Lipinski definition) is 9. The molecule has 3 N–H and O–H groups in total. The molecule has 14 nitrogen and oxygen atoms in total. The summed E-state index contributed by atoms with van der Waals surface area (Å²) in [5.41, 5.74) is 14.9. The highest BCUT2D eigenvalue weighted by molar-refractivity contribution is 5.98. The van der Waals surface area contributed by atoms with Gasteiger partial charge >= 0.3 is 24.0 Å². The molecule has 0 radical (unpaired) electrons. The van der Waals surface area contributed by atoms with E-state index in [-0.39, 0.29) is 12.1 Å². The molecule has 414 valence electrons. The van der Waals surface area contributed by atoms with Crippen molar-refractivity contribution in [1.29, 1.82) is 0 Å². The number of carboxylic acid groups (broad SMARTS) is 1. The third-order valence-corrected chi connectivity index (χ3v) is 15.0. The minimum Gasteiger partial charge on any atom is -0.493 e. The van der Waals surface area contributed by atoms with Gasteiger partial charge in [0.05, 0.1) is 56.0 Å². The van der Waals surface area contributed by atoms with Gasteiger partial charge in [0, 0.05) is 24.2 Å². The van der Waals surface area contributed by atoms with Crippen LogP contribution in [0.3, 0.4) is 0 Å². The molecule has 0 saturated carbocycles. The van der Waals surface area contributed by atoms with E-state index in [0.29, 0.717) is 55.2 Å². The molecule has 4 heterocycles. The Hall–Kier alpha value is -7.68. The molecule has 10 rings (SSSR count). The summed E-state index contributed by atoms with van der Waals surface area (Å²) in [5.74, 6) is 0.233. The molecular weight excluding hydrogens is 997 g/mol. The monoisotopic (exact) mass is 1070 g/mol. The Morgan fingerprint density at radius 1 is 0.595 bits per heavy atom. The second-order valence-corrected chi connectivity index (χ2v) is 23.0. The minimum atomic E-state index is -1.21. The van der Waals surface area contributed by atoms with Crippen LogP contribution in [0.25, 0.3) is 22.3 Å². The predicted molar refractivity (Wildman–Crippen MR) is 307 cm³/mol. The largest absolute Gasteiger partial charge is 0.493 e. The lowest BCUT2D eigenvalue weighted by molar-refractivity contribution is -0.164. The Kier molecular flexibility index (Phi) is 16.3. The highest BCUT2D eigenvalue weighted by Crippen LogP contribution is 2.48. The lowest BCUT2D eigenvalue weighted by Gasteiger charge is -2.36. The van der Waals surface area contributed by atoms with Crippen LogP contribution in [-0.4, -0.2) is 70.4 Å². The van der Waals surface area contributed by atoms with E-state index >= 15 is 0 Å². The standard InChI is InChI=1S/C33H38N2O5.C32H36N2O5/c1-20-25-19-35(18-22-11-8-7-9-12-22)32(37)34-29(25)21(2)28(30(31(36)38-6)40-33(3,4)5)27(20)24-14-15-26-23(17-24)13-10-16-39-26;1-19-24-18-34(17-21-10-7-6-8-11-21)31(37)33-28(24)20(2)27(29(30(35)36)39-32(3,4)5)26(19)23-13-14-25-22(16-23)12-9-15-38-25/h7-9,11-12,14-15,17,30H,10,13,16,18-19H2,1-6H3,(H,34,37);6-8,10-11,13-14,16,29H,9,12,15,17-18H2,1-5H3,(H,33,37)(H,35,36). The average molecular weight is 1070 g/mol. The fourth-order valence-corrected chi connectivity index (χ4v) is 11.4. The van der Waals surface area contributed by atoms with Crippen molar-refractivity contribution in [3.05, 3.63) is 164 Å². The van der Waals surface area contributed by atoms with Crippen molar-refractivity contribution in [2.75, 3.05) is 31.0 Å². The first-order valence-corrected chi connectivity index (χ1v) is 27.3. The molecule has 79 heavy (non-hydrogen) atoms. The maximum atomic E-state index is 13.3. The lowest BCUT2D eigenvalue weighted by Crippen LogP contribution is -2.39. The van der Waals surface area contributed by atoms with Gasteiger partial charge in [-0.3, -0.25) is 0 Å². The molecule has 2 atom stereocenters. The van der Waals surface area contributed by atoms with Crippen LogP contribution in [0.2, 0.25) is 0 Å². The summed E-state index contributed by atoms with van der Waals surface area (Å²) in [6.45, 7) is 22.5. The summed E-state index contributed by atoms with van der Waals surface area (Å²) in [4.78, 5) is 56.2. The molecule has 2 unspecified atom stereocenters. The molecule has 0 bridgehead atoms. The van der Waals surface area contributed by atoms with Gasteiger partial charge < -0.3 is 49.2 Å². The zero-order valence-electron chi connectivity index (χ0n) is 47.5. The van der Waals surface area contributed by atoms with Crippen LogP contribution >= 0.6 is 0 Å². The van der Waals surface area contributed by atoms with Crippen molar-refractivity contribution >= 4 is 35.4 Å². The third kappa shape index (κ3) is 12.2. The van der Waals surface area contributed by atoms with E-state index in [1.165, 1.54) is 7.11 Å². The van der Waals surface area contributed by atoms with Gasteiger partial charge in [-0.15, -0.1) is 0 Å². The Labute approximate surface area is 464 Å². The molecular formula is C65H74N4O10. The molecule has 6 aromatic carbocycles. The highest BCUT2D eigenvalue weighted by atomic mass is 16.6. The molecule has 4 aliphatic rings. The zero-order chi connectivity index (χ0) is 56.5.